The molecule has 0 radical (unpaired) electrons. The maximum Gasteiger partial charge on any atom is 0.274 e. The van der Waals surface area contributed by atoms with Crippen LogP contribution in [0.1, 0.15) is 5.56 Å². The number of nitrogens with zero attached hydrogens (tertiary/aromatic N) is 1. The van der Waals surface area contributed by atoms with Crippen molar-refractivity contribution in [3.8, 4) is 5.75 Å². The Labute approximate surface area is 80.8 Å². The van der Waals surface area contributed by atoms with Gasteiger partial charge < -0.3 is 10.1 Å². The summed E-state index contributed by atoms with van der Waals surface area (Å²) in [4.78, 5) is 10.3. The summed E-state index contributed by atoms with van der Waals surface area (Å²) >= 11 is 0. The van der Waals surface area contributed by atoms with Gasteiger partial charge in [-0.25, -0.2) is 0 Å². The zero-order chi connectivity index (χ0) is 10.1. The number of fused-ring (bicyclic) bond motifs is 1. The van der Waals surface area contributed by atoms with Crippen molar-refractivity contribution in [2.24, 2.45) is 0 Å². The van der Waals surface area contributed by atoms with Gasteiger partial charge in [-0.3, -0.25) is 10.1 Å². The molecule has 0 bridgehead atoms. The number of anilines is 1. The maximum absolute atomic E-state index is 10.6. The van der Waals surface area contributed by atoms with E-state index in [0.29, 0.717) is 30.2 Å². The molecular formula is C9H10N2O3. The van der Waals surface area contributed by atoms with E-state index in [9.17, 15) is 10.1 Å². The lowest BCUT2D eigenvalue weighted by molar-refractivity contribution is -0.385. The summed E-state index contributed by atoms with van der Waals surface area (Å²) in [6.45, 7) is 2.99. The third-order valence-electron chi connectivity index (χ3n) is 2.17. The van der Waals surface area contributed by atoms with Crippen LogP contribution in [0, 0.1) is 17.0 Å². The molecule has 0 amide bonds. The van der Waals surface area contributed by atoms with E-state index in [0.717, 1.165) is 0 Å². The van der Waals surface area contributed by atoms with E-state index in [1.807, 2.05) is 0 Å². The summed E-state index contributed by atoms with van der Waals surface area (Å²) in [5.41, 5.74) is 1.45. The van der Waals surface area contributed by atoms with Gasteiger partial charge in [-0.2, -0.15) is 0 Å². The molecule has 1 aromatic carbocycles. The van der Waals surface area contributed by atoms with Crippen LogP contribution in [0.3, 0.4) is 0 Å². The standard InChI is InChI=1S/C9H10N2O3/c1-6-4-9-7(10-2-3-14-9)5-8(6)11(12)13/h4-5,10H,2-3H2,1H3. The first-order chi connectivity index (χ1) is 6.68. The number of benzene rings is 1. The molecule has 0 saturated carbocycles. The van der Waals surface area contributed by atoms with Crippen LogP contribution >= 0.6 is 0 Å². The third kappa shape index (κ3) is 1.37. The molecule has 5 heteroatoms. The highest BCUT2D eigenvalue weighted by molar-refractivity contribution is 5.65. The van der Waals surface area contributed by atoms with Gasteiger partial charge in [-0.1, -0.05) is 0 Å². The Morgan fingerprint density at radius 1 is 1.57 bits per heavy atom. The Bertz CT molecular complexity index is 390. The quantitative estimate of drug-likeness (QED) is 0.546. The zero-order valence-electron chi connectivity index (χ0n) is 7.74. The molecule has 1 aliphatic heterocycles. The Kier molecular flexibility index (Phi) is 1.99. The van der Waals surface area contributed by atoms with Gasteiger partial charge in [-0.05, 0) is 13.0 Å². The average molecular weight is 194 g/mol. The molecule has 0 spiro atoms. The maximum atomic E-state index is 10.6. The number of rotatable bonds is 1. The van der Waals surface area contributed by atoms with E-state index in [2.05, 4.69) is 5.32 Å². The predicted octanol–water partition coefficient (Wildman–Crippen LogP) is 1.71. The fourth-order valence-corrected chi connectivity index (χ4v) is 1.47. The molecule has 0 saturated heterocycles. The van der Waals surface area contributed by atoms with E-state index in [1.54, 1.807) is 13.0 Å². The normalized spacial score (nSPS) is 13.8. The minimum Gasteiger partial charge on any atom is -0.490 e. The van der Waals surface area contributed by atoms with Crippen LogP contribution < -0.4 is 10.1 Å². The molecule has 14 heavy (non-hydrogen) atoms. The predicted molar refractivity (Wildman–Crippen MR) is 51.8 cm³/mol. The molecule has 2 rings (SSSR count). The van der Waals surface area contributed by atoms with Gasteiger partial charge in [0.05, 0.1) is 10.6 Å². The second-order valence-corrected chi connectivity index (χ2v) is 3.17. The first-order valence-corrected chi connectivity index (χ1v) is 4.34. The number of nitro benzene ring substituents is 1. The summed E-state index contributed by atoms with van der Waals surface area (Å²) in [5.74, 6) is 0.694. The lowest BCUT2D eigenvalue weighted by atomic mass is 10.1. The highest BCUT2D eigenvalue weighted by atomic mass is 16.6. The van der Waals surface area contributed by atoms with Crippen LogP contribution in [0.15, 0.2) is 12.1 Å². The zero-order valence-corrected chi connectivity index (χ0v) is 7.74. The van der Waals surface area contributed by atoms with Gasteiger partial charge >= 0.3 is 0 Å². The van der Waals surface area contributed by atoms with Gasteiger partial charge in [-0.15, -0.1) is 0 Å². The molecule has 74 valence electrons. The fraction of sp³-hybridized carbons (Fsp3) is 0.333. The Morgan fingerprint density at radius 3 is 3.07 bits per heavy atom. The fourth-order valence-electron chi connectivity index (χ4n) is 1.47. The summed E-state index contributed by atoms with van der Waals surface area (Å²) in [6, 6.07) is 3.21. The van der Waals surface area contributed by atoms with Crippen LogP contribution in [-0.4, -0.2) is 18.1 Å². The smallest absolute Gasteiger partial charge is 0.274 e. The Hall–Kier alpha value is -1.78. The van der Waals surface area contributed by atoms with Crippen molar-refractivity contribution in [1.82, 2.24) is 0 Å². The minimum atomic E-state index is -0.383. The van der Waals surface area contributed by atoms with E-state index in [-0.39, 0.29) is 10.6 Å². The highest BCUT2D eigenvalue weighted by Crippen LogP contribution is 2.33. The van der Waals surface area contributed by atoms with Crippen molar-refractivity contribution in [1.29, 1.82) is 0 Å². The summed E-state index contributed by atoms with van der Waals surface area (Å²) in [7, 11) is 0. The van der Waals surface area contributed by atoms with E-state index in [1.165, 1.54) is 6.07 Å². The van der Waals surface area contributed by atoms with Gasteiger partial charge in [0.2, 0.25) is 0 Å². The molecule has 1 aliphatic rings. The lowest BCUT2D eigenvalue weighted by Crippen LogP contribution is -2.18. The number of nitro groups is 1. The lowest BCUT2D eigenvalue weighted by Gasteiger charge is -2.19. The first kappa shape index (κ1) is 8.80. The SMILES string of the molecule is Cc1cc2c(cc1[N+](=O)[O-])NCCO2. The monoisotopic (exact) mass is 194 g/mol. The molecule has 0 fully saturated rings. The van der Waals surface area contributed by atoms with Crippen LogP contribution in [0.2, 0.25) is 0 Å². The number of hydrogen-bond acceptors (Lipinski definition) is 4. The molecule has 0 unspecified atom stereocenters. The summed E-state index contributed by atoms with van der Waals surface area (Å²) < 4.78 is 5.35. The van der Waals surface area contributed by atoms with Crippen molar-refractivity contribution in [2.45, 2.75) is 6.92 Å². The second kappa shape index (κ2) is 3.17. The Balaban J connectivity index is 2.50. The first-order valence-electron chi connectivity index (χ1n) is 4.34. The van der Waals surface area contributed by atoms with Gasteiger partial charge in [0.25, 0.3) is 5.69 Å². The number of nitrogens with one attached hydrogen (secondary N) is 1. The summed E-state index contributed by atoms with van der Waals surface area (Å²) in [5, 5.41) is 13.7. The molecule has 0 atom stereocenters. The van der Waals surface area contributed by atoms with Crippen molar-refractivity contribution in [3.05, 3.63) is 27.8 Å². The minimum absolute atomic E-state index is 0.127. The third-order valence-corrected chi connectivity index (χ3v) is 2.17. The average Bonchev–Trinajstić information content (AvgIpc) is 2.16. The van der Waals surface area contributed by atoms with Crippen LogP contribution in [0.4, 0.5) is 11.4 Å². The molecule has 1 heterocycles. The van der Waals surface area contributed by atoms with Gasteiger partial charge in [0.15, 0.2) is 0 Å². The topological polar surface area (TPSA) is 64.4 Å². The van der Waals surface area contributed by atoms with Crippen LogP contribution in [0.25, 0.3) is 0 Å². The molecule has 0 aliphatic carbocycles. The van der Waals surface area contributed by atoms with Crippen molar-refractivity contribution >= 4 is 11.4 Å². The number of aryl methyl sites for hydroxylation is 1. The van der Waals surface area contributed by atoms with E-state index in [4.69, 9.17) is 4.74 Å². The number of hydrogen-bond donors (Lipinski definition) is 1. The molecule has 1 aromatic rings. The van der Waals surface area contributed by atoms with Crippen molar-refractivity contribution in [3.63, 3.8) is 0 Å². The molecule has 5 nitrogen and oxygen atoms in total. The largest absolute Gasteiger partial charge is 0.490 e. The van der Waals surface area contributed by atoms with Gasteiger partial charge in [0.1, 0.15) is 12.4 Å². The Morgan fingerprint density at radius 2 is 2.36 bits per heavy atom. The van der Waals surface area contributed by atoms with Crippen molar-refractivity contribution in [2.75, 3.05) is 18.5 Å². The molecule has 1 N–H and O–H groups in total. The molecule has 0 aromatic heterocycles. The summed E-state index contributed by atoms with van der Waals surface area (Å²) in [6.07, 6.45) is 0. The number of ether oxygens (including phenoxy) is 1. The van der Waals surface area contributed by atoms with Crippen LogP contribution in [-0.2, 0) is 0 Å². The van der Waals surface area contributed by atoms with Crippen LogP contribution in [0.5, 0.6) is 5.75 Å². The van der Waals surface area contributed by atoms with E-state index < -0.39 is 0 Å². The second-order valence-electron chi connectivity index (χ2n) is 3.17. The van der Waals surface area contributed by atoms with Crippen molar-refractivity contribution < 1.29 is 9.66 Å². The van der Waals surface area contributed by atoms with Gasteiger partial charge in [0, 0.05) is 18.2 Å². The van der Waals surface area contributed by atoms with E-state index >= 15 is 0 Å². The molecular weight excluding hydrogens is 184 g/mol. The highest BCUT2D eigenvalue weighted by Gasteiger charge is 2.17.